The Labute approximate surface area is 137 Å². The monoisotopic (exact) mass is 342 g/mol. The number of carbonyl (C=O) groups excluding carboxylic acids is 3. The number of benzene rings is 1. The van der Waals surface area contributed by atoms with Gasteiger partial charge < -0.3 is 15.4 Å². The van der Waals surface area contributed by atoms with Gasteiger partial charge in [0.25, 0.3) is 5.91 Å². The fraction of sp³-hybridized carbons (Fsp3) is 0.400. The van der Waals surface area contributed by atoms with Gasteiger partial charge in [-0.05, 0) is 31.4 Å². The molecule has 1 aromatic rings. The summed E-state index contributed by atoms with van der Waals surface area (Å²) in [6, 6.07) is 3.06. The summed E-state index contributed by atoms with van der Waals surface area (Å²) in [5, 5.41) is -0.101. The van der Waals surface area contributed by atoms with Crippen molar-refractivity contribution in [2.45, 2.75) is 25.3 Å². The second kappa shape index (κ2) is 7.41. The molecular formula is C15H16ClFN2O4. The minimum Gasteiger partial charge on any atom is -0.452 e. The summed E-state index contributed by atoms with van der Waals surface area (Å²) in [5.41, 5.74) is 4.85. The van der Waals surface area contributed by atoms with Gasteiger partial charge in [-0.1, -0.05) is 17.7 Å². The van der Waals surface area contributed by atoms with Crippen molar-refractivity contribution >= 4 is 29.4 Å². The molecule has 0 bridgehead atoms. The lowest BCUT2D eigenvalue weighted by molar-refractivity contribution is -0.143. The molecular weight excluding hydrogens is 327 g/mol. The molecule has 6 nitrogen and oxygen atoms in total. The average Bonchev–Trinajstić information content (AvgIpc) is 2.52. The highest BCUT2D eigenvalue weighted by Gasteiger charge is 2.31. The van der Waals surface area contributed by atoms with Crippen LogP contribution in [0.3, 0.4) is 0 Å². The van der Waals surface area contributed by atoms with E-state index in [1.165, 1.54) is 17.0 Å². The first-order chi connectivity index (χ1) is 10.9. The minimum atomic E-state index is -1.03. The summed E-state index contributed by atoms with van der Waals surface area (Å²) in [5.74, 6) is -3.01. The quantitative estimate of drug-likeness (QED) is 0.840. The third-order valence-corrected chi connectivity index (χ3v) is 3.96. The summed E-state index contributed by atoms with van der Waals surface area (Å²) in [7, 11) is 0. The van der Waals surface area contributed by atoms with Crippen molar-refractivity contribution in [2.75, 3.05) is 13.2 Å². The predicted molar refractivity (Wildman–Crippen MR) is 80.2 cm³/mol. The Hall–Kier alpha value is -2.15. The van der Waals surface area contributed by atoms with Crippen LogP contribution in [0.15, 0.2) is 18.2 Å². The Balaban J connectivity index is 2.01. The van der Waals surface area contributed by atoms with Crippen LogP contribution in [0.5, 0.6) is 0 Å². The Kier molecular flexibility index (Phi) is 5.54. The first-order valence-corrected chi connectivity index (χ1v) is 7.49. The number of amides is 2. The lowest BCUT2D eigenvalue weighted by Crippen LogP contribution is -2.51. The van der Waals surface area contributed by atoms with Crippen LogP contribution in [-0.2, 0) is 14.3 Å². The predicted octanol–water partition coefficient (Wildman–Crippen LogP) is 1.50. The minimum absolute atomic E-state index is 0.101. The van der Waals surface area contributed by atoms with Crippen molar-refractivity contribution in [3.63, 3.8) is 0 Å². The number of ether oxygens (including phenoxy) is 1. The van der Waals surface area contributed by atoms with Crippen LogP contribution in [0.25, 0.3) is 0 Å². The Bertz CT molecular complexity index is 618. The second-order valence-corrected chi connectivity index (χ2v) is 5.58. The smallest absolute Gasteiger partial charge is 0.343 e. The molecule has 0 aliphatic carbocycles. The molecule has 0 spiro atoms. The molecule has 1 heterocycles. The molecule has 2 amide bonds. The van der Waals surface area contributed by atoms with Crippen molar-refractivity contribution in [3.05, 3.63) is 34.6 Å². The van der Waals surface area contributed by atoms with Gasteiger partial charge in [0.15, 0.2) is 6.61 Å². The maximum Gasteiger partial charge on any atom is 0.343 e. The van der Waals surface area contributed by atoms with Crippen molar-refractivity contribution < 1.29 is 23.5 Å². The van der Waals surface area contributed by atoms with Gasteiger partial charge in [0, 0.05) is 6.54 Å². The number of primary amides is 1. The molecule has 23 heavy (non-hydrogen) atoms. The van der Waals surface area contributed by atoms with E-state index in [0.717, 1.165) is 18.9 Å². The summed E-state index contributed by atoms with van der Waals surface area (Å²) in [4.78, 5) is 36.7. The molecule has 0 saturated carbocycles. The fourth-order valence-electron chi connectivity index (χ4n) is 2.50. The fourth-order valence-corrected chi connectivity index (χ4v) is 2.74. The van der Waals surface area contributed by atoms with E-state index in [0.29, 0.717) is 13.0 Å². The van der Waals surface area contributed by atoms with Gasteiger partial charge in [-0.15, -0.1) is 0 Å². The van der Waals surface area contributed by atoms with Crippen LogP contribution in [0, 0.1) is 5.82 Å². The van der Waals surface area contributed by atoms with Gasteiger partial charge in [-0.2, -0.15) is 0 Å². The topological polar surface area (TPSA) is 89.7 Å². The molecule has 2 rings (SSSR count). The standard InChI is InChI=1S/C15H16ClFN2O4/c16-9-4-3-5-10(17)13(9)15(22)23-8-12(20)19-7-2-1-6-11(19)14(18)21/h3-5,11H,1-2,6-8H2,(H2,18,21)/t11-/m1/s1. The largest absolute Gasteiger partial charge is 0.452 e. The third kappa shape index (κ3) is 3.98. The number of halogens is 2. The zero-order valence-electron chi connectivity index (χ0n) is 12.3. The highest BCUT2D eigenvalue weighted by atomic mass is 35.5. The number of nitrogens with two attached hydrogens (primary N) is 1. The number of carbonyl (C=O) groups is 3. The SMILES string of the molecule is NC(=O)[C@H]1CCCCN1C(=O)COC(=O)c1c(F)cccc1Cl. The number of rotatable bonds is 4. The zero-order chi connectivity index (χ0) is 17.0. The molecule has 1 aliphatic rings. The lowest BCUT2D eigenvalue weighted by Gasteiger charge is -2.33. The van der Waals surface area contributed by atoms with Gasteiger partial charge in [0.05, 0.1) is 5.02 Å². The lowest BCUT2D eigenvalue weighted by atomic mass is 10.0. The summed E-state index contributed by atoms with van der Waals surface area (Å²) >= 11 is 5.76. The molecule has 0 unspecified atom stereocenters. The molecule has 1 saturated heterocycles. The molecule has 8 heteroatoms. The van der Waals surface area contributed by atoms with Crippen LogP contribution in [0.1, 0.15) is 29.6 Å². The normalized spacial score (nSPS) is 17.7. The molecule has 0 radical (unpaired) electrons. The highest BCUT2D eigenvalue weighted by molar-refractivity contribution is 6.33. The van der Waals surface area contributed by atoms with Crippen LogP contribution in [0.4, 0.5) is 4.39 Å². The second-order valence-electron chi connectivity index (χ2n) is 5.17. The van der Waals surface area contributed by atoms with Gasteiger partial charge in [0.2, 0.25) is 5.91 Å². The van der Waals surface area contributed by atoms with E-state index < -0.39 is 41.8 Å². The van der Waals surface area contributed by atoms with Crippen molar-refractivity contribution in [1.82, 2.24) is 4.90 Å². The number of likely N-dealkylation sites (tertiary alicyclic amines) is 1. The number of nitrogens with zero attached hydrogens (tertiary/aromatic N) is 1. The van der Waals surface area contributed by atoms with E-state index in [1.807, 2.05) is 0 Å². The number of hydrogen-bond donors (Lipinski definition) is 1. The molecule has 2 N–H and O–H groups in total. The van der Waals surface area contributed by atoms with Gasteiger partial charge in [0.1, 0.15) is 17.4 Å². The molecule has 1 fully saturated rings. The molecule has 1 atom stereocenters. The van der Waals surface area contributed by atoms with E-state index in [9.17, 15) is 18.8 Å². The van der Waals surface area contributed by atoms with Crippen LogP contribution in [0.2, 0.25) is 5.02 Å². The van der Waals surface area contributed by atoms with Crippen LogP contribution in [-0.4, -0.2) is 41.9 Å². The average molecular weight is 343 g/mol. The maximum atomic E-state index is 13.6. The molecule has 1 aliphatic heterocycles. The molecule has 124 valence electrons. The third-order valence-electron chi connectivity index (χ3n) is 3.65. The Morgan fingerprint density at radius 1 is 1.35 bits per heavy atom. The van der Waals surface area contributed by atoms with Crippen LogP contribution >= 0.6 is 11.6 Å². The van der Waals surface area contributed by atoms with E-state index in [4.69, 9.17) is 22.1 Å². The van der Waals surface area contributed by atoms with Crippen LogP contribution < -0.4 is 5.73 Å². The maximum absolute atomic E-state index is 13.6. The van der Waals surface area contributed by atoms with Crippen molar-refractivity contribution in [1.29, 1.82) is 0 Å². The zero-order valence-corrected chi connectivity index (χ0v) is 13.0. The molecule has 1 aromatic carbocycles. The van der Waals surface area contributed by atoms with E-state index in [-0.39, 0.29) is 5.02 Å². The van der Waals surface area contributed by atoms with E-state index in [1.54, 1.807) is 0 Å². The van der Waals surface area contributed by atoms with Gasteiger partial charge in [-0.25, -0.2) is 9.18 Å². The summed E-state index contributed by atoms with van der Waals surface area (Å²) < 4.78 is 18.4. The first kappa shape index (κ1) is 17.2. The number of esters is 1. The summed E-state index contributed by atoms with van der Waals surface area (Å²) in [6.07, 6.45) is 2.01. The first-order valence-electron chi connectivity index (χ1n) is 7.11. The van der Waals surface area contributed by atoms with E-state index in [2.05, 4.69) is 0 Å². The van der Waals surface area contributed by atoms with Gasteiger partial charge >= 0.3 is 5.97 Å². The highest BCUT2D eigenvalue weighted by Crippen LogP contribution is 2.20. The Morgan fingerprint density at radius 3 is 2.74 bits per heavy atom. The van der Waals surface area contributed by atoms with Crippen molar-refractivity contribution in [3.8, 4) is 0 Å². The summed E-state index contributed by atoms with van der Waals surface area (Å²) in [6.45, 7) is -0.238. The Morgan fingerprint density at radius 2 is 2.09 bits per heavy atom. The van der Waals surface area contributed by atoms with Crippen molar-refractivity contribution in [2.24, 2.45) is 5.73 Å². The van der Waals surface area contributed by atoms with E-state index >= 15 is 0 Å². The number of piperidine rings is 1. The number of hydrogen-bond acceptors (Lipinski definition) is 4. The molecule has 0 aromatic heterocycles. The van der Waals surface area contributed by atoms with Gasteiger partial charge in [-0.3, -0.25) is 9.59 Å².